The van der Waals surface area contributed by atoms with Crippen molar-refractivity contribution < 1.29 is 4.52 Å². The summed E-state index contributed by atoms with van der Waals surface area (Å²) in [5, 5.41) is 8.40. The molecular formula is C15H12N4O2S3. The molecule has 6 nitrogen and oxygen atoms in total. The summed E-state index contributed by atoms with van der Waals surface area (Å²) in [6, 6.07) is 5.76. The molecule has 9 heteroatoms. The maximum Gasteiger partial charge on any atom is 0.271 e. The molecule has 0 saturated heterocycles. The van der Waals surface area contributed by atoms with Crippen molar-refractivity contribution in [1.82, 2.24) is 19.7 Å². The molecule has 0 aliphatic rings. The minimum absolute atomic E-state index is 0.0329. The monoisotopic (exact) mass is 376 g/mol. The molecule has 24 heavy (non-hydrogen) atoms. The van der Waals surface area contributed by atoms with Gasteiger partial charge in [0.25, 0.3) is 5.56 Å². The maximum absolute atomic E-state index is 12.4. The van der Waals surface area contributed by atoms with E-state index in [-0.39, 0.29) is 10.8 Å². The highest BCUT2D eigenvalue weighted by Crippen LogP contribution is 2.34. The summed E-state index contributed by atoms with van der Waals surface area (Å²) in [7, 11) is 1.73. The van der Waals surface area contributed by atoms with Crippen LogP contribution in [0, 0.1) is 0 Å². The Bertz CT molecular complexity index is 1050. The molecule has 1 atom stereocenters. The van der Waals surface area contributed by atoms with Crippen molar-refractivity contribution in [2.45, 2.75) is 17.3 Å². The average Bonchev–Trinajstić information content (AvgIpc) is 3.31. The van der Waals surface area contributed by atoms with Gasteiger partial charge < -0.3 is 4.52 Å². The normalized spacial score (nSPS) is 12.8. The minimum atomic E-state index is -0.111. The largest absolute Gasteiger partial charge is 0.338 e. The maximum atomic E-state index is 12.4. The van der Waals surface area contributed by atoms with Gasteiger partial charge >= 0.3 is 0 Å². The topological polar surface area (TPSA) is 73.8 Å². The van der Waals surface area contributed by atoms with Gasteiger partial charge in [0.15, 0.2) is 5.16 Å². The van der Waals surface area contributed by atoms with Crippen molar-refractivity contribution >= 4 is 44.7 Å². The first-order chi connectivity index (χ1) is 11.6. The number of thiophene rings is 2. The second-order valence-corrected chi connectivity index (χ2v) is 8.26. The van der Waals surface area contributed by atoms with Gasteiger partial charge in [0.2, 0.25) is 11.7 Å². The van der Waals surface area contributed by atoms with Crippen molar-refractivity contribution in [3.05, 3.63) is 45.2 Å². The quantitative estimate of drug-likeness (QED) is 0.396. The van der Waals surface area contributed by atoms with Gasteiger partial charge in [-0.25, -0.2) is 4.98 Å². The summed E-state index contributed by atoms with van der Waals surface area (Å²) in [5.74, 6) is 1.10. The molecule has 4 aromatic rings. The van der Waals surface area contributed by atoms with E-state index < -0.39 is 0 Å². The number of nitrogens with zero attached hydrogens (tertiary/aromatic N) is 4. The molecular weight excluding hydrogens is 364 g/mol. The highest BCUT2D eigenvalue weighted by Gasteiger charge is 2.20. The lowest BCUT2D eigenvalue weighted by Crippen LogP contribution is -2.19. The van der Waals surface area contributed by atoms with E-state index in [0.717, 1.165) is 10.4 Å². The Morgan fingerprint density at radius 3 is 2.92 bits per heavy atom. The Balaban J connectivity index is 1.63. The van der Waals surface area contributed by atoms with Gasteiger partial charge in [-0.1, -0.05) is 23.0 Å². The molecule has 122 valence electrons. The molecule has 0 amide bonds. The average molecular weight is 376 g/mol. The van der Waals surface area contributed by atoms with Crippen LogP contribution in [0.3, 0.4) is 0 Å². The smallest absolute Gasteiger partial charge is 0.271 e. The van der Waals surface area contributed by atoms with Crippen LogP contribution in [0.25, 0.3) is 20.9 Å². The van der Waals surface area contributed by atoms with E-state index >= 15 is 0 Å². The number of hydrogen-bond acceptors (Lipinski definition) is 8. The lowest BCUT2D eigenvalue weighted by Gasteiger charge is -2.09. The lowest BCUT2D eigenvalue weighted by molar-refractivity contribution is 0.380. The summed E-state index contributed by atoms with van der Waals surface area (Å²) >= 11 is 4.40. The number of hydrogen-bond donors (Lipinski definition) is 0. The van der Waals surface area contributed by atoms with Crippen LogP contribution in [0.1, 0.15) is 18.1 Å². The van der Waals surface area contributed by atoms with Crippen molar-refractivity contribution in [2.75, 3.05) is 0 Å². The molecule has 0 bridgehead atoms. The predicted molar refractivity (Wildman–Crippen MR) is 96.7 cm³/mol. The van der Waals surface area contributed by atoms with Crippen molar-refractivity contribution in [2.24, 2.45) is 7.05 Å². The molecule has 4 aromatic heterocycles. The van der Waals surface area contributed by atoms with E-state index in [1.165, 1.54) is 23.1 Å². The molecule has 0 radical (unpaired) electrons. The van der Waals surface area contributed by atoms with Gasteiger partial charge in [-0.05, 0) is 29.8 Å². The highest BCUT2D eigenvalue weighted by atomic mass is 32.2. The third-order valence-corrected chi connectivity index (χ3v) is 6.35. The van der Waals surface area contributed by atoms with E-state index in [2.05, 4.69) is 15.1 Å². The molecule has 0 saturated carbocycles. The van der Waals surface area contributed by atoms with E-state index in [1.807, 2.05) is 35.9 Å². The molecule has 4 rings (SSSR count). The van der Waals surface area contributed by atoms with Gasteiger partial charge in [-0.3, -0.25) is 9.36 Å². The highest BCUT2D eigenvalue weighted by molar-refractivity contribution is 7.99. The predicted octanol–water partition coefficient (Wildman–Crippen LogP) is 3.96. The van der Waals surface area contributed by atoms with Crippen LogP contribution in [0.15, 0.2) is 43.4 Å². The van der Waals surface area contributed by atoms with Crippen molar-refractivity contribution in [1.29, 1.82) is 0 Å². The van der Waals surface area contributed by atoms with Crippen LogP contribution in [0.5, 0.6) is 0 Å². The summed E-state index contributed by atoms with van der Waals surface area (Å²) in [6.07, 6.45) is 0. The number of fused-ring (bicyclic) bond motifs is 1. The molecule has 0 spiro atoms. The van der Waals surface area contributed by atoms with E-state index in [9.17, 15) is 4.79 Å². The number of thioether (sulfide) groups is 1. The van der Waals surface area contributed by atoms with Crippen LogP contribution < -0.4 is 5.56 Å². The lowest BCUT2D eigenvalue weighted by atomic mass is 10.4. The standard InChI is InChI=1S/C15H12N4O2S3/c1-8(13-17-12(18-21-13)10-4-3-6-22-10)24-15-16-9-5-7-23-11(9)14(20)19(15)2/h3-8H,1-2H3. The Hall–Kier alpha value is -1.97. The molecule has 0 aromatic carbocycles. The fourth-order valence-corrected chi connectivity index (χ4v) is 4.55. The van der Waals surface area contributed by atoms with Crippen LogP contribution in [0.2, 0.25) is 0 Å². The van der Waals surface area contributed by atoms with Crippen LogP contribution in [0.4, 0.5) is 0 Å². The number of aromatic nitrogens is 4. The first-order valence-corrected chi connectivity index (χ1v) is 9.76. The Kier molecular flexibility index (Phi) is 3.99. The summed E-state index contributed by atoms with van der Waals surface area (Å²) < 4.78 is 7.62. The van der Waals surface area contributed by atoms with E-state index in [1.54, 1.807) is 23.0 Å². The molecule has 4 heterocycles. The van der Waals surface area contributed by atoms with E-state index in [4.69, 9.17) is 4.52 Å². The minimum Gasteiger partial charge on any atom is -0.338 e. The SMILES string of the molecule is CC(Sc1nc2ccsc2c(=O)n1C)c1nc(-c2cccs2)no1. The van der Waals surface area contributed by atoms with Crippen LogP contribution in [-0.2, 0) is 7.05 Å². The Morgan fingerprint density at radius 2 is 2.12 bits per heavy atom. The van der Waals surface area contributed by atoms with Gasteiger partial charge in [0.05, 0.1) is 15.6 Å². The van der Waals surface area contributed by atoms with Gasteiger partial charge in [-0.15, -0.1) is 22.7 Å². The summed E-state index contributed by atoms with van der Waals surface area (Å²) in [4.78, 5) is 22.3. The Labute approximate surface area is 149 Å². The third-order valence-electron chi connectivity index (χ3n) is 3.46. The second kappa shape index (κ2) is 6.15. The van der Waals surface area contributed by atoms with Crippen LogP contribution >= 0.6 is 34.4 Å². The second-order valence-electron chi connectivity index (χ2n) is 5.09. The third kappa shape index (κ3) is 2.68. The van der Waals surface area contributed by atoms with Gasteiger partial charge in [-0.2, -0.15) is 4.98 Å². The fraction of sp³-hybridized carbons (Fsp3) is 0.200. The fourth-order valence-electron chi connectivity index (χ4n) is 2.19. The summed E-state index contributed by atoms with van der Waals surface area (Å²) in [5.41, 5.74) is 0.692. The van der Waals surface area contributed by atoms with Crippen molar-refractivity contribution in [3.63, 3.8) is 0 Å². The molecule has 0 aliphatic heterocycles. The molecule has 0 fully saturated rings. The molecule has 0 N–H and O–H groups in total. The van der Waals surface area contributed by atoms with E-state index in [0.29, 0.717) is 21.6 Å². The van der Waals surface area contributed by atoms with Gasteiger partial charge in [0, 0.05) is 7.05 Å². The summed E-state index contributed by atoms with van der Waals surface area (Å²) in [6.45, 7) is 1.96. The Morgan fingerprint density at radius 1 is 1.25 bits per heavy atom. The van der Waals surface area contributed by atoms with Crippen LogP contribution in [-0.4, -0.2) is 19.7 Å². The zero-order valence-corrected chi connectivity index (χ0v) is 15.2. The first kappa shape index (κ1) is 15.6. The number of rotatable bonds is 4. The molecule has 1 unspecified atom stereocenters. The van der Waals surface area contributed by atoms with Gasteiger partial charge in [0.1, 0.15) is 4.70 Å². The first-order valence-electron chi connectivity index (χ1n) is 7.12. The van der Waals surface area contributed by atoms with Crippen molar-refractivity contribution in [3.8, 4) is 10.7 Å². The zero-order chi connectivity index (χ0) is 16.7. The molecule has 0 aliphatic carbocycles. The zero-order valence-electron chi connectivity index (χ0n) is 12.8.